The Morgan fingerprint density at radius 1 is 0.375 bits per heavy atom. The first-order chi connectivity index (χ1) is 65.0. The summed E-state index contributed by atoms with van der Waals surface area (Å²) < 4.78 is 8.16. The SMILES string of the molecule is CC(C)C(=O)C1CCN(C)CC1.CC(C)C(=O)C1CCNCC1.CC(C)C(=O)C1CC[N+](C)(C)CC1.CC(C)C(=O)CN1CCN(C)CC1.CC(C)C(=O)CN1CCOCC1.CC(C)C(=O)[C@H]1CCCNC1.CC(C)C(=O)[C@H]1CCCNC1.CC(C)C(=O)c1ccc(CN)cc1.CC(C)C(=O)c1ccc(CN2CCN(C)CC2)cc1.CC(C)C(=O)c1ccc[n+](C)c1.CC(C)C(=O)c1cccnc1.Cl.Cl.Cl.Cl.[I-].[I-]. The zero-order chi connectivity index (χ0) is 104. The fraction of sp³-hybridized carbons (Fsp3) is 0.708. The number of nitrogens with zero attached hydrogens (tertiary/aromatic N) is 9. The van der Waals surface area contributed by atoms with Gasteiger partial charge >= 0.3 is 0 Å². The number of likely N-dealkylation sites (N-methyl/N-ethyl adjacent to an activating group) is 2. The standard InChI is InChI=1S/C16H24N2O.C11H22NO.C11H15NO.C10H20N2O.C10H19NO.C10H14NO.C9H17NO2.3C9H17NO.C9H11NO.4ClH.2HI/c1-13(2)16(19)15-6-4-14(5-7-15)12-18-10-8-17(3)9-11-18;1-9(2)11(13)10-5-7-12(3,4)8-6-10;1-8(2)11(13)10-5-3-9(7-12)4-6-10;1-9(2)10(13)8-12-6-4-11(3)5-7-12;1-8(2)10(12)9-4-6-11(3)7-5-9;1-8(2)10(12)9-5-4-6-11(3)7-9;1-8(2)9(11)7-10-3-5-12-6-4-10;1-7(2)9(11)8-3-5-10-6-4-8;3*1-7(2)9(11)8-4-3-5-10-6-8;;;;;;/h4-7,13H,8-12H2,1-3H3;9-10H,5-8H2,1-4H3;3-6,8H,7,12H2,1-2H3;9H,4-8H2,1-3H3;8-9H,4-7H2,1-3H3;4-8H,1-3H3;8H,3-7H2,1-2H3;3*7-8,10H,3-6H2,1-2H3;3-7H,1-2H3;6*1H/q;+1;;;;+1;;;;;;;;;;;/p-2/t;;;;;;;;2*8-;;;;;;;/m........00......./s1. The number of rotatable bonds is 27. The number of hydrogen-bond acceptors (Lipinski definition) is 23. The molecule has 25 nitrogen and oxygen atoms in total. The van der Waals surface area contributed by atoms with Gasteiger partial charge in [0, 0.05) is 234 Å². The third kappa shape index (κ3) is 62.9. The highest BCUT2D eigenvalue weighted by Gasteiger charge is 2.33. The van der Waals surface area contributed by atoms with Gasteiger partial charge in [0.2, 0.25) is 0 Å². The number of piperazine rings is 2. The van der Waals surface area contributed by atoms with Crippen molar-refractivity contribution in [3.05, 3.63) is 131 Å². The van der Waals surface area contributed by atoms with Crippen LogP contribution < -0.4 is 74.2 Å². The van der Waals surface area contributed by atoms with Crippen LogP contribution in [0, 0.1) is 94.7 Å². The molecule has 0 unspecified atom stereocenters. The van der Waals surface area contributed by atoms with E-state index in [1.807, 2.05) is 225 Å². The van der Waals surface area contributed by atoms with Crippen LogP contribution in [0.4, 0.5) is 0 Å². The molecule has 144 heavy (non-hydrogen) atoms. The summed E-state index contributed by atoms with van der Waals surface area (Å²) in [5.74, 6) is 7.02. The van der Waals surface area contributed by atoms with Gasteiger partial charge < -0.3 is 93.6 Å². The van der Waals surface area contributed by atoms with E-state index >= 15 is 0 Å². The summed E-state index contributed by atoms with van der Waals surface area (Å²) in [7, 11) is 12.8. The number of ketones is 11. The van der Waals surface area contributed by atoms with Gasteiger partial charge in [-0.3, -0.25) is 72.4 Å². The van der Waals surface area contributed by atoms with E-state index in [2.05, 4.69) is 97.7 Å². The normalized spacial score (nSPS) is 17.9. The monoisotopic (exact) mass is 2320 g/mol. The van der Waals surface area contributed by atoms with Crippen LogP contribution in [0.25, 0.3) is 0 Å². The fourth-order valence-corrected chi connectivity index (χ4v) is 16.5. The van der Waals surface area contributed by atoms with Gasteiger partial charge in [0.05, 0.1) is 59.1 Å². The number of carbonyl (C=O) groups excluding carboxylic acids is 11. The molecule has 0 saturated carbocycles. The number of piperidine rings is 5. The lowest BCUT2D eigenvalue weighted by atomic mass is 9.87. The third-order valence-electron chi connectivity index (χ3n) is 26.4. The van der Waals surface area contributed by atoms with Crippen molar-refractivity contribution in [1.29, 1.82) is 0 Å². The quantitative estimate of drug-likeness (QED) is 0.0187. The van der Waals surface area contributed by atoms with Crippen molar-refractivity contribution in [1.82, 2.24) is 50.3 Å². The smallest absolute Gasteiger partial charge is 0.179 e. The molecule has 31 heteroatoms. The topological polar surface area (TPSA) is 295 Å². The van der Waals surface area contributed by atoms with Crippen LogP contribution in [-0.2, 0) is 58.4 Å². The number of aromatic nitrogens is 2. The maximum Gasteiger partial charge on any atom is 0.179 e. The summed E-state index contributed by atoms with van der Waals surface area (Å²) in [5.41, 5.74) is 10.9. The molecular weight excluding hydrogens is 2130 g/mol. The number of nitrogens with one attached hydrogen (secondary N) is 3. The van der Waals surface area contributed by atoms with Gasteiger partial charge in [-0.15, -0.1) is 49.6 Å². The van der Waals surface area contributed by atoms with Crippen molar-refractivity contribution < 1.29 is 114 Å². The lowest BCUT2D eigenvalue weighted by Gasteiger charge is -2.37. The molecular formula is C113H197Cl4I2N13O12. The number of aryl methyl sites for hydroxylation is 1. The van der Waals surface area contributed by atoms with Crippen LogP contribution >= 0.6 is 49.6 Å². The van der Waals surface area contributed by atoms with E-state index in [4.69, 9.17) is 10.5 Å². The minimum absolute atomic E-state index is 0. The molecule has 8 aliphatic heterocycles. The van der Waals surface area contributed by atoms with E-state index in [1.54, 1.807) is 24.5 Å². The lowest BCUT2D eigenvalue weighted by molar-refractivity contribution is -0.895. The number of benzene rings is 2. The summed E-state index contributed by atoms with van der Waals surface area (Å²) in [4.78, 5) is 144. The van der Waals surface area contributed by atoms with Gasteiger partial charge in [-0.1, -0.05) is 201 Å². The first-order valence-corrected chi connectivity index (χ1v) is 52.4. The molecule has 0 radical (unpaired) electrons. The van der Waals surface area contributed by atoms with Crippen LogP contribution in [0.2, 0.25) is 0 Å². The average Bonchev–Trinajstić information content (AvgIpc) is 0.850. The molecule has 0 amide bonds. The molecule has 0 bridgehead atoms. The highest BCUT2D eigenvalue weighted by molar-refractivity contribution is 5.99. The molecule has 2 aromatic carbocycles. The number of likely N-dealkylation sites (tertiary alicyclic amines) is 2. The van der Waals surface area contributed by atoms with E-state index in [0.29, 0.717) is 95.3 Å². The zero-order valence-electron chi connectivity index (χ0n) is 93.8. The molecule has 828 valence electrons. The number of hydrogen-bond donors (Lipinski definition) is 4. The predicted molar refractivity (Wildman–Crippen MR) is 593 cm³/mol. The number of ether oxygens (including phenoxy) is 1. The Balaban J connectivity index is -0.000000492. The van der Waals surface area contributed by atoms with Crippen molar-refractivity contribution in [2.24, 2.45) is 107 Å². The Labute approximate surface area is 931 Å². The first-order valence-electron chi connectivity index (χ1n) is 52.4. The van der Waals surface area contributed by atoms with Crippen molar-refractivity contribution in [2.45, 2.75) is 230 Å². The van der Waals surface area contributed by atoms with E-state index in [1.165, 1.54) is 5.56 Å². The number of pyridine rings is 2. The molecule has 12 rings (SSSR count). The Morgan fingerprint density at radius 2 is 0.708 bits per heavy atom. The summed E-state index contributed by atoms with van der Waals surface area (Å²) >= 11 is 0. The molecule has 4 aromatic rings. The summed E-state index contributed by atoms with van der Waals surface area (Å²) in [6, 6.07) is 22.9. The van der Waals surface area contributed by atoms with Gasteiger partial charge in [0.15, 0.2) is 35.5 Å². The molecule has 8 aliphatic rings. The Morgan fingerprint density at radius 3 is 1.05 bits per heavy atom. The number of carbonyl (C=O) groups is 11. The highest BCUT2D eigenvalue weighted by Crippen LogP contribution is 2.26. The number of halogens is 6. The zero-order valence-corrected chi connectivity index (χ0v) is 101. The maximum absolute atomic E-state index is 11.9. The molecule has 2 atom stereocenters. The second-order valence-electron chi connectivity index (χ2n) is 43.1. The number of morpholine rings is 1. The summed E-state index contributed by atoms with van der Waals surface area (Å²) in [5, 5.41) is 9.76. The van der Waals surface area contributed by atoms with E-state index in [0.717, 1.165) is 242 Å². The van der Waals surface area contributed by atoms with Crippen molar-refractivity contribution >= 4 is 113 Å². The molecule has 10 heterocycles. The van der Waals surface area contributed by atoms with Crippen molar-refractivity contribution in [3.63, 3.8) is 0 Å². The molecule has 8 fully saturated rings. The minimum atomic E-state index is 0. The molecule has 0 aliphatic carbocycles. The lowest BCUT2D eigenvalue weighted by Crippen LogP contribution is -3.00. The average molecular weight is 2330 g/mol. The highest BCUT2D eigenvalue weighted by atomic mass is 127. The molecule has 2 aromatic heterocycles. The second kappa shape index (κ2) is 82.0. The van der Waals surface area contributed by atoms with Gasteiger partial charge in [0.25, 0.3) is 0 Å². The predicted octanol–water partition coefficient (Wildman–Crippen LogP) is 11.1. The van der Waals surface area contributed by atoms with Crippen molar-refractivity contribution in [2.75, 3.05) is 192 Å². The Bertz CT molecular complexity index is 4050. The molecule has 8 saturated heterocycles. The van der Waals surface area contributed by atoms with Crippen molar-refractivity contribution in [3.8, 4) is 0 Å². The molecule has 5 N–H and O–H groups in total. The fourth-order valence-electron chi connectivity index (χ4n) is 16.5. The van der Waals surface area contributed by atoms with Gasteiger partial charge in [0.1, 0.15) is 47.5 Å². The Hall–Kier alpha value is -4.75. The van der Waals surface area contributed by atoms with E-state index in [-0.39, 0.29) is 186 Å². The second-order valence-corrected chi connectivity index (χ2v) is 43.1. The van der Waals surface area contributed by atoms with Crippen LogP contribution in [-0.4, -0.2) is 295 Å². The third-order valence-corrected chi connectivity index (χ3v) is 26.4. The van der Waals surface area contributed by atoms with E-state index in [9.17, 15) is 52.7 Å². The van der Waals surface area contributed by atoms with Gasteiger partial charge in [-0.05, 0) is 141 Å². The summed E-state index contributed by atoms with van der Waals surface area (Å²) in [6.45, 7) is 68.4. The van der Waals surface area contributed by atoms with E-state index < -0.39 is 0 Å². The Kier molecular flexibility index (Phi) is 84.1. The van der Waals surface area contributed by atoms with Gasteiger partial charge in [-0.25, -0.2) is 4.57 Å². The minimum Gasteiger partial charge on any atom is -1.00 e. The first kappa shape index (κ1) is 148. The van der Waals surface area contributed by atoms with Crippen LogP contribution in [0.3, 0.4) is 0 Å². The summed E-state index contributed by atoms with van der Waals surface area (Å²) in [6.07, 6.45) is 17.9. The van der Waals surface area contributed by atoms with Crippen LogP contribution in [0.1, 0.15) is 269 Å². The largest absolute Gasteiger partial charge is 1.00 e. The maximum atomic E-state index is 11.9. The van der Waals surface area contributed by atoms with Crippen LogP contribution in [0.15, 0.2) is 97.6 Å². The van der Waals surface area contributed by atoms with Gasteiger partial charge in [-0.2, -0.15) is 0 Å². The number of Topliss-reactive ketones (excluding diaryl/α,β-unsaturated/α-hetero) is 11. The molecule has 0 spiro atoms. The number of quaternary nitrogens is 1. The van der Waals surface area contributed by atoms with Crippen LogP contribution in [0.5, 0.6) is 0 Å². The number of nitrogens with two attached hydrogens (primary N) is 1.